The first-order chi connectivity index (χ1) is 19.2. The summed E-state index contributed by atoms with van der Waals surface area (Å²) in [5.41, 5.74) is 1.27. The van der Waals surface area contributed by atoms with Gasteiger partial charge >= 0.3 is 0 Å². The molecule has 42 heavy (non-hydrogen) atoms. The molecule has 1 aliphatic heterocycles. The van der Waals surface area contributed by atoms with Gasteiger partial charge in [-0.3, -0.25) is 0 Å². The Morgan fingerprint density at radius 3 is 2.05 bits per heavy atom. The molecule has 234 valence electrons. The maximum absolute atomic E-state index is 11.8. The maximum atomic E-state index is 11.8. The zero-order valence-electron chi connectivity index (χ0n) is 26.8. The third kappa shape index (κ3) is 7.31. The van der Waals surface area contributed by atoms with E-state index in [2.05, 4.69) is 85.9 Å². The van der Waals surface area contributed by atoms with Crippen molar-refractivity contribution in [2.24, 2.45) is 0 Å². The first-order valence-corrected chi connectivity index (χ1v) is 23.8. The number of rotatable bonds is 8. The van der Waals surface area contributed by atoms with Crippen LogP contribution < -0.4 is 8.85 Å². The largest absolute Gasteiger partial charge is 0.543 e. The van der Waals surface area contributed by atoms with Crippen molar-refractivity contribution in [3.8, 4) is 11.5 Å². The van der Waals surface area contributed by atoms with Gasteiger partial charge in [-0.1, -0.05) is 47.6 Å². The molecule has 2 aromatic rings. The summed E-state index contributed by atoms with van der Waals surface area (Å²) in [4.78, 5) is 6.87. The lowest BCUT2D eigenvalue weighted by atomic mass is 9.81. The Morgan fingerprint density at radius 1 is 0.905 bits per heavy atom. The van der Waals surface area contributed by atoms with Crippen LogP contribution in [0.2, 0.25) is 36.3 Å². The third-order valence-corrected chi connectivity index (χ3v) is 21.6. The van der Waals surface area contributed by atoms with Crippen molar-refractivity contribution in [3.05, 3.63) is 53.1 Å². The van der Waals surface area contributed by atoms with Gasteiger partial charge in [0.15, 0.2) is 0 Å². The highest BCUT2D eigenvalue weighted by atomic mass is 35.7. The highest BCUT2D eigenvalue weighted by molar-refractivity contribution is 8.15. The average molecular weight is 670 g/mol. The first kappa shape index (κ1) is 33.6. The molecule has 1 aliphatic carbocycles. The quantitative estimate of drug-likeness (QED) is 0.206. The summed E-state index contributed by atoms with van der Waals surface area (Å²) < 4.78 is 37.5. The van der Waals surface area contributed by atoms with Gasteiger partial charge in [-0.15, -0.1) is 16.4 Å². The summed E-state index contributed by atoms with van der Waals surface area (Å²) in [6.07, 6.45) is 7.65. The van der Waals surface area contributed by atoms with E-state index in [0.717, 1.165) is 42.1 Å². The molecule has 0 saturated heterocycles. The number of hydroxylamine groups is 2. The van der Waals surface area contributed by atoms with Gasteiger partial charge in [0.1, 0.15) is 28.0 Å². The summed E-state index contributed by atoms with van der Waals surface area (Å²) in [6, 6.07) is 10.1. The molecule has 0 radical (unpaired) electrons. The zero-order chi connectivity index (χ0) is 31.3. The number of hydrogen-bond donors (Lipinski definition) is 0. The van der Waals surface area contributed by atoms with Crippen LogP contribution in [0.25, 0.3) is 0 Å². The highest BCUT2D eigenvalue weighted by Gasteiger charge is 2.42. The van der Waals surface area contributed by atoms with Crippen LogP contribution in [0.3, 0.4) is 0 Å². The molecule has 6 nitrogen and oxygen atoms in total. The lowest BCUT2D eigenvalue weighted by Gasteiger charge is -2.40. The lowest BCUT2D eigenvalue weighted by molar-refractivity contribution is -0.147. The fourth-order valence-corrected chi connectivity index (χ4v) is 9.23. The van der Waals surface area contributed by atoms with Crippen LogP contribution in [-0.4, -0.2) is 36.2 Å². The minimum atomic E-state index is -3.75. The van der Waals surface area contributed by atoms with E-state index in [1.807, 2.05) is 17.2 Å². The predicted octanol–water partition coefficient (Wildman–Crippen LogP) is 9.97. The minimum Gasteiger partial charge on any atom is -0.543 e. The summed E-state index contributed by atoms with van der Waals surface area (Å²) in [5, 5.41) is 2.21. The molecule has 1 aromatic carbocycles. The predicted molar refractivity (Wildman–Crippen MR) is 179 cm³/mol. The molecule has 0 spiro atoms. The number of thiophene rings is 1. The summed E-state index contributed by atoms with van der Waals surface area (Å²) in [5.74, 6) is 2.26. The van der Waals surface area contributed by atoms with Gasteiger partial charge in [-0.2, -0.15) is 0 Å². The Bertz CT molecular complexity index is 1400. The van der Waals surface area contributed by atoms with Crippen LogP contribution in [0.4, 0.5) is 0 Å². The monoisotopic (exact) mass is 669 g/mol. The number of halogens is 1. The van der Waals surface area contributed by atoms with Gasteiger partial charge in [-0.05, 0) is 97.7 Å². The fraction of sp³-hybridized carbons (Fsp3) is 0.613. The van der Waals surface area contributed by atoms with Crippen molar-refractivity contribution in [1.29, 1.82) is 0 Å². The number of benzene rings is 1. The Hall–Kier alpha value is -1.31. The van der Waals surface area contributed by atoms with Crippen molar-refractivity contribution in [3.63, 3.8) is 0 Å². The smallest absolute Gasteiger partial charge is 0.270 e. The Balaban J connectivity index is 1.54. The first-order valence-electron chi connectivity index (χ1n) is 14.9. The molecule has 1 saturated carbocycles. The van der Waals surface area contributed by atoms with Gasteiger partial charge in [-0.25, -0.2) is 8.42 Å². The molecule has 4 rings (SSSR count). The number of nitrogens with zero attached hydrogens (tertiary/aromatic N) is 1. The molecular formula is C31H48ClNO5S2Si2. The van der Waals surface area contributed by atoms with Gasteiger partial charge < -0.3 is 13.7 Å². The maximum Gasteiger partial charge on any atom is 0.270 e. The molecule has 0 amide bonds. The summed E-state index contributed by atoms with van der Waals surface area (Å²) in [6.45, 7) is 22.8. The molecule has 11 heteroatoms. The molecule has 1 fully saturated rings. The number of hydrogen-bond acceptors (Lipinski definition) is 7. The van der Waals surface area contributed by atoms with Gasteiger partial charge in [0.25, 0.3) is 9.05 Å². The second kappa shape index (κ2) is 11.9. The van der Waals surface area contributed by atoms with Crippen LogP contribution in [0, 0.1) is 0 Å². The molecule has 0 bridgehead atoms. The van der Waals surface area contributed by atoms with Crippen molar-refractivity contribution < 1.29 is 22.1 Å². The van der Waals surface area contributed by atoms with E-state index in [0.29, 0.717) is 5.92 Å². The van der Waals surface area contributed by atoms with Crippen molar-refractivity contribution >= 4 is 47.7 Å². The van der Waals surface area contributed by atoms with Crippen molar-refractivity contribution in [2.75, 3.05) is 0 Å². The minimum absolute atomic E-state index is 0.0811. The Labute approximate surface area is 264 Å². The van der Waals surface area contributed by atoms with Gasteiger partial charge in [0.05, 0.1) is 0 Å². The molecule has 0 N–H and O–H groups in total. The van der Waals surface area contributed by atoms with Crippen molar-refractivity contribution in [2.45, 2.75) is 126 Å². The van der Waals surface area contributed by atoms with Crippen LogP contribution in [0.1, 0.15) is 89.6 Å². The van der Waals surface area contributed by atoms with Crippen LogP contribution in [-0.2, 0) is 13.9 Å². The molecule has 2 heterocycles. The molecule has 1 atom stereocenters. The van der Waals surface area contributed by atoms with Crippen LogP contribution >= 0.6 is 22.0 Å². The Kier molecular flexibility index (Phi) is 9.51. The summed E-state index contributed by atoms with van der Waals surface area (Å²) in [7, 11) is -2.25. The normalized spacial score (nSPS) is 22.7. The van der Waals surface area contributed by atoms with E-state index in [4.69, 9.17) is 24.4 Å². The van der Waals surface area contributed by atoms with Gasteiger partial charge in [0.2, 0.25) is 16.6 Å². The van der Waals surface area contributed by atoms with E-state index in [1.54, 1.807) is 12.3 Å². The van der Waals surface area contributed by atoms with Gasteiger partial charge in [0, 0.05) is 27.7 Å². The second-order valence-electron chi connectivity index (χ2n) is 14.8. The van der Waals surface area contributed by atoms with E-state index in [-0.39, 0.29) is 26.4 Å². The zero-order valence-corrected chi connectivity index (χ0v) is 31.2. The van der Waals surface area contributed by atoms with E-state index in [9.17, 15) is 8.42 Å². The SMILES string of the molecule is CC(C)(C)[Si](C)(C)Oc1ccc(C2CCC(N3OC=CC3c3ccc(S(=O)(=O)Cl)s3)CC2)c(O[Si](C)(C)C(C)(C)C)c1. The lowest BCUT2D eigenvalue weighted by Crippen LogP contribution is -2.44. The van der Waals surface area contributed by atoms with Crippen LogP contribution in [0.5, 0.6) is 11.5 Å². The molecule has 1 unspecified atom stereocenters. The topological polar surface area (TPSA) is 65.1 Å². The van der Waals surface area contributed by atoms with E-state index in [1.165, 1.54) is 16.9 Å². The van der Waals surface area contributed by atoms with Crippen LogP contribution in [0.15, 0.2) is 46.9 Å². The standard InChI is InChI=1S/C31H48ClNO5S2Si2/c1-30(2,3)41(7,8)37-24-15-16-25(27(21-24)38-42(9,10)31(4,5)6)22-11-13-23(14-12-22)33-26(19-20-36-33)28-17-18-29(39-28)40(32,34)35/h15-23,26H,11-14H2,1-10H3. The van der Waals surface area contributed by atoms with Crippen molar-refractivity contribution in [1.82, 2.24) is 5.06 Å². The van der Waals surface area contributed by atoms with E-state index >= 15 is 0 Å². The summed E-state index contributed by atoms with van der Waals surface area (Å²) >= 11 is 1.20. The van der Waals surface area contributed by atoms with E-state index < -0.39 is 25.7 Å². The Morgan fingerprint density at radius 2 is 1.50 bits per heavy atom. The molecule has 1 aromatic heterocycles. The second-order valence-corrected chi connectivity index (χ2v) is 28.1. The molecule has 2 aliphatic rings. The average Bonchev–Trinajstić information content (AvgIpc) is 3.52. The molecular weight excluding hydrogens is 622 g/mol. The third-order valence-electron chi connectivity index (χ3n) is 9.68. The fourth-order valence-electron chi connectivity index (χ4n) is 5.01. The highest BCUT2D eigenvalue weighted by Crippen LogP contribution is 2.47.